The van der Waals surface area contributed by atoms with Gasteiger partial charge in [-0.15, -0.1) is 0 Å². The molecule has 1 aliphatic carbocycles. The average molecular weight is 218 g/mol. The number of hydrogen-bond acceptors (Lipinski definition) is 2. The summed E-state index contributed by atoms with van der Waals surface area (Å²) in [4.78, 5) is 11.1. The quantitative estimate of drug-likeness (QED) is 0.814. The van der Waals surface area contributed by atoms with E-state index in [1.807, 2.05) is 19.1 Å². The molecule has 0 bridgehead atoms. The van der Waals surface area contributed by atoms with Crippen molar-refractivity contribution in [1.29, 1.82) is 0 Å². The van der Waals surface area contributed by atoms with Crippen molar-refractivity contribution in [3.63, 3.8) is 0 Å². The summed E-state index contributed by atoms with van der Waals surface area (Å²) in [5.41, 5.74) is 8.01. The van der Waals surface area contributed by atoms with Crippen molar-refractivity contribution in [2.45, 2.75) is 32.7 Å². The number of benzene rings is 1. The van der Waals surface area contributed by atoms with Crippen LogP contribution in [0.15, 0.2) is 18.2 Å². The summed E-state index contributed by atoms with van der Waals surface area (Å²) in [7, 11) is 0. The highest BCUT2D eigenvalue weighted by atomic mass is 16.1. The third-order valence-electron chi connectivity index (χ3n) is 3.23. The summed E-state index contributed by atoms with van der Waals surface area (Å²) in [6.07, 6.45) is 2.62. The van der Waals surface area contributed by atoms with Crippen LogP contribution in [0.1, 0.15) is 35.7 Å². The van der Waals surface area contributed by atoms with Gasteiger partial charge in [0.25, 0.3) is 0 Å². The van der Waals surface area contributed by atoms with Gasteiger partial charge in [-0.1, -0.05) is 6.07 Å². The molecule has 86 valence electrons. The van der Waals surface area contributed by atoms with Crippen molar-refractivity contribution in [2.24, 2.45) is 11.7 Å². The maximum atomic E-state index is 11.1. The van der Waals surface area contributed by atoms with Crippen LogP contribution in [0.4, 0.5) is 5.69 Å². The predicted molar refractivity (Wildman–Crippen MR) is 65.5 cm³/mol. The summed E-state index contributed by atoms with van der Waals surface area (Å²) < 4.78 is 0. The van der Waals surface area contributed by atoms with E-state index in [2.05, 4.69) is 12.2 Å². The Bertz CT molecular complexity index is 410. The van der Waals surface area contributed by atoms with Crippen LogP contribution in [0.2, 0.25) is 0 Å². The first-order valence-electron chi connectivity index (χ1n) is 5.75. The summed E-state index contributed by atoms with van der Waals surface area (Å²) in [5.74, 6) is 0.416. The van der Waals surface area contributed by atoms with Gasteiger partial charge in [-0.3, -0.25) is 4.79 Å². The SMILES string of the molecule is Cc1ccc(C(N)=O)cc1NC(C)C1CC1. The molecule has 1 aliphatic rings. The molecule has 1 fully saturated rings. The summed E-state index contributed by atoms with van der Waals surface area (Å²) in [5, 5.41) is 3.46. The lowest BCUT2D eigenvalue weighted by atomic mass is 10.1. The van der Waals surface area contributed by atoms with Crippen molar-refractivity contribution in [3.05, 3.63) is 29.3 Å². The van der Waals surface area contributed by atoms with E-state index in [-0.39, 0.29) is 5.91 Å². The molecule has 3 N–H and O–H groups in total. The van der Waals surface area contributed by atoms with Crippen LogP contribution in [0, 0.1) is 12.8 Å². The van der Waals surface area contributed by atoms with Gasteiger partial charge < -0.3 is 11.1 Å². The zero-order valence-electron chi connectivity index (χ0n) is 9.79. The molecule has 0 aliphatic heterocycles. The number of aryl methyl sites for hydroxylation is 1. The first kappa shape index (κ1) is 11.0. The number of primary amides is 1. The standard InChI is InChI=1S/C13H18N2O/c1-8-3-4-11(13(14)16)7-12(8)15-9(2)10-5-6-10/h3-4,7,9-10,15H,5-6H2,1-2H3,(H2,14,16). The maximum Gasteiger partial charge on any atom is 0.248 e. The fraction of sp³-hybridized carbons (Fsp3) is 0.462. The van der Waals surface area contributed by atoms with Crippen LogP contribution in [0.25, 0.3) is 0 Å². The first-order chi connectivity index (χ1) is 7.58. The lowest BCUT2D eigenvalue weighted by Crippen LogP contribution is -2.19. The molecule has 1 amide bonds. The smallest absolute Gasteiger partial charge is 0.248 e. The Morgan fingerprint density at radius 1 is 1.50 bits per heavy atom. The molecule has 0 heterocycles. The molecule has 3 heteroatoms. The van der Waals surface area contributed by atoms with Gasteiger partial charge in [-0.25, -0.2) is 0 Å². The van der Waals surface area contributed by atoms with E-state index >= 15 is 0 Å². The molecule has 1 atom stereocenters. The van der Waals surface area contributed by atoms with Gasteiger partial charge in [0.05, 0.1) is 0 Å². The molecular formula is C13H18N2O. The van der Waals surface area contributed by atoms with Crippen LogP contribution < -0.4 is 11.1 Å². The largest absolute Gasteiger partial charge is 0.382 e. The van der Waals surface area contributed by atoms with Gasteiger partial charge >= 0.3 is 0 Å². The highest BCUT2D eigenvalue weighted by Gasteiger charge is 2.27. The average Bonchev–Trinajstić information content (AvgIpc) is 3.04. The molecule has 1 aromatic rings. The van der Waals surface area contributed by atoms with E-state index in [0.29, 0.717) is 11.6 Å². The highest BCUT2D eigenvalue weighted by molar-refractivity contribution is 5.94. The van der Waals surface area contributed by atoms with E-state index in [0.717, 1.165) is 17.2 Å². The second-order valence-electron chi connectivity index (χ2n) is 4.66. The van der Waals surface area contributed by atoms with Crippen LogP contribution in [-0.2, 0) is 0 Å². The van der Waals surface area contributed by atoms with E-state index in [4.69, 9.17) is 5.73 Å². The lowest BCUT2D eigenvalue weighted by molar-refractivity contribution is 0.100. The second kappa shape index (κ2) is 4.16. The number of rotatable bonds is 4. The maximum absolute atomic E-state index is 11.1. The molecule has 1 unspecified atom stereocenters. The minimum atomic E-state index is -0.373. The fourth-order valence-electron chi connectivity index (χ4n) is 1.89. The molecule has 16 heavy (non-hydrogen) atoms. The Hall–Kier alpha value is -1.51. The highest BCUT2D eigenvalue weighted by Crippen LogP contribution is 2.34. The first-order valence-corrected chi connectivity index (χ1v) is 5.75. The molecule has 1 saturated carbocycles. The Labute approximate surface area is 96.0 Å². The van der Waals surface area contributed by atoms with Gasteiger partial charge in [-0.05, 0) is 50.3 Å². The normalized spacial score (nSPS) is 16.9. The number of nitrogens with two attached hydrogens (primary N) is 1. The topological polar surface area (TPSA) is 55.1 Å². The third-order valence-corrected chi connectivity index (χ3v) is 3.23. The van der Waals surface area contributed by atoms with E-state index in [1.165, 1.54) is 12.8 Å². The van der Waals surface area contributed by atoms with E-state index in [9.17, 15) is 4.79 Å². The summed E-state index contributed by atoms with van der Waals surface area (Å²) >= 11 is 0. The Morgan fingerprint density at radius 3 is 2.75 bits per heavy atom. The van der Waals surface area contributed by atoms with Crippen LogP contribution >= 0.6 is 0 Å². The Kier molecular flexibility index (Phi) is 2.86. The van der Waals surface area contributed by atoms with Gasteiger partial charge in [0.1, 0.15) is 0 Å². The Balaban J connectivity index is 2.17. The minimum absolute atomic E-state index is 0.373. The second-order valence-corrected chi connectivity index (χ2v) is 4.66. The summed E-state index contributed by atoms with van der Waals surface area (Å²) in [6.45, 7) is 4.22. The number of carbonyl (C=O) groups is 1. The van der Waals surface area contributed by atoms with E-state index < -0.39 is 0 Å². The van der Waals surface area contributed by atoms with Gasteiger partial charge in [0, 0.05) is 17.3 Å². The van der Waals surface area contributed by atoms with E-state index in [1.54, 1.807) is 6.07 Å². The number of nitrogens with one attached hydrogen (secondary N) is 1. The van der Waals surface area contributed by atoms with Crippen molar-refractivity contribution in [2.75, 3.05) is 5.32 Å². The number of anilines is 1. The van der Waals surface area contributed by atoms with Crippen molar-refractivity contribution in [1.82, 2.24) is 0 Å². The number of carbonyl (C=O) groups excluding carboxylic acids is 1. The molecule has 0 radical (unpaired) electrons. The van der Waals surface area contributed by atoms with Crippen molar-refractivity contribution < 1.29 is 4.79 Å². The third kappa shape index (κ3) is 2.35. The van der Waals surface area contributed by atoms with Gasteiger partial charge in [-0.2, -0.15) is 0 Å². The molecule has 0 aromatic heterocycles. The summed E-state index contributed by atoms with van der Waals surface area (Å²) in [6, 6.07) is 6.02. The zero-order chi connectivity index (χ0) is 11.7. The molecule has 0 spiro atoms. The molecular weight excluding hydrogens is 200 g/mol. The van der Waals surface area contributed by atoms with Gasteiger partial charge in [0.2, 0.25) is 5.91 Å². The van der Waals surface area contributed by atoms with Crippen LogP contribution in [0.5, 0.6) is 0 Å². The monoisotopic (exact) mass is 218 g/mol. The Morgan fingerprint density at radius 2 is 2.19 bits per heavy atom. The molecule has 2 rings (SSSR count). The van der Waals surface area contributed by atoms with Crippen LogP contribution in [0.3, 0.4) is 0 Å². The van der Waals surface area contributed by atoms with Gasteiger partial charge in [0.15, 0.2) is 0 Å². The zero-order valence-corrected chi connectivity index (χ0v) is 9.79. The van der Waals surface area contributed by atoms with Crippen molar-refractivity contribution >= 4 is 11.6 Å². The lowest BCUT2D eigenvalue weighted by Gasteiger charge is -2.16. The number of hydrogen-bond donors (Lipinski definition) is 2. The van der Waals surface area contributed by atoms with Crippen molar-refractivity contribution in [3.8, 4) is 0 Å². The molecule has 0 saturated heterocycles. The fourth-order valence-corrected chi connectivity index (χ4v) is 1.89. The number of amides is 1. The molecule has 3 nitrogen and oxygen atoms in total. The predicted octanol–water partition coefficient (Wildman–Crippen LogP) is 2.30. The molecule has 1 aromatic carbocycles. The van der Waals surface area contributed by atoms with Crippen LogP contribution in [-0.4, -0.2) is 11.9 Å². The minimum Gasteiger partial charge on any atom is -0.382 e.